The molecule has 0 radical (unpaired) electrons. The van der Waals surface area contributed by atoms with Gasteiger partial charge in [0.1, 0.15) is 5.82 Å². The molecule has 0 bridgehead atoms. The highest BCUT2D eigenvalue weighted by Gasteiger charge is 2.33. The molecule has 0 atom stereocenters. The van der Waals surface area contributed by atoms with Crippen LogP contribution >= 0.6 is 11.6 Å². The third kappa shape index (κ3) is 3.96. The average Bonchev–Trinajstić information content (AvgIpc) is 3.05. The number of nitrogens with zero attached hydrogens (tertiary/aromatic N) is 3. The molecular weight excluding hydrogens is 420 g/mol. The van der Waals surface area contributed by atoms with Crippen molar-refractivity contribution in [1.29, 1.82) is 0 Å². The number of aromatic amines is 1. The maximum absolute atomic E-state index is 13.3. The fourth-order valence-corrected chi connectivity index (χ4v) is 4.92. The lowest BCUT2D eigenvalue weighted by molar-refractivity contribution is 0.0601. The standard InChI is InChI=1S/C26H29ClN4O/c1-16-12-17(2)22(26(32)31-14-19(15-31)18-4-6-20(27)7-5-18)13-21(16)25-28-23-8-10-30(3)11-9-24(23)29-25/h4-7,12-13,19H,8-11,14-15H2,1-3H3,(H,28,29). The van der Waals surface area contributed by atoms with E-state index in [1.54, 1.807) is 0 Å². The van der Waals surface area contributed by atoms with E-state index in [4.69, 9.17) is 16.6 Å². The Bertz CT molecular complexity index is 1140. The van der Waals surface area contributed by atoms with Gasteiger partial charge in [-0.05, 0) is 55.8 Å². The maximum Gasteiger partial charge on any atom is 0.254 e. The molecule has 32 heavy (non-hydrogen) atoms. The lowest BCUT2D eigenvalue weighted by Crippen LogP contribution is -2.48. The largest absolute Gasteiger partial charge is 0.342 e. The third-order valence-corrected chi connectivity index (χ3v) is 7.16. The summed E-state index contributed by atoms with van der Waals surface area (Å²) < 4.78 is 0. The van der Waals surface area contributed by atoms with Gasteiger partial charge in [0.2, 0.25) is 0 Å². The maximum atomic E-state index is 13.3. The number of hydrogen-bond acceptors (Lipinski definition) is 3. The molecule has 3 aromatic rings. The molecule has 0 spiro atoms. The molecule has 1 saturated heterocycles. The number of likely N-dealkylation sites (tertiary alicyclic amines) is 1. The molecule has 1 aromatic heterocycles. The number of imidazole rings is 1. The normalized spacial score (nSPS) is 17.1. The molecule has 0 saturated carbocycles. The van der Waals surface area contributed by atoms with Crippen molar-refractivity contribution in [3.8, 4) is 11.4 Å². The zero-order valence-corrected chi connectivity index (χ0v) is 19.7. The van der Waals surface area contributed by atoms with Gasteiger partial charge in [-0.2, -0.15) is 0 Å². The Labute approximate surface area is 194 Å². The minimum Gasteiger partial charge on any atom is -0.342 e. The number of benzene rings is 2. The van der Waals surface area contributed by atoms with Crippen LogP contribution in [-0.4, -0.2) is 58.9 Å². The van der Waals surface area contributed by atoms with Gasteiger partial charge in [0.25, 0.3) is 5.91 Å². The number of carbonyl (C=O) groups excluding carboxylic acids is 1. The number of H-pyrrole nitrogens is 1. The van der Waals surface area contributed by atoms with Crippen molar-refractivity contribution in [3.63, 3.8) is 0 Å². The van der Waals surface area contributed by atoms with Crippen molar-refractivity contribution in [3.05, 3.63) is 75.1 Å². The first-order chi connectivity index (χ1) is 15.4. The van der Waals surface area contributed by atoms with E-state index in [-0.39, 0.29) is 5.91 Å². The number of halogens is 1. The summed E-state index contributed by atoms with van der Waals surface area (Å²) in [6.45, 7) is 7.66. The first-order valence-corrected chi connectivity index (χ1v) is 11.7. The van der Waals surface area contributed by atoms with Gasteiger partial charge in [-0.25, -0.2) is 4.98 Å². The zero-order valence-electron chi connectivity index (χ0n) is 18.9. The Hall–Kier alpha value is -2.63. The van der Waals surface area contributed by atoms with Gasteiger partial charge >= 0.3 is 0 Å². The molecule has 0 aliphatic carbocycles. The second-order valence-corrected chi connectivity index (χ2v) is 9.69. The lowest BCUT2D eigenvalue weighted by Gasteiger charge is -2.40. The molecule has 6 heteroatoms. The molecule has 2 aromatic carbocycles. The van der Waals surface area contributed by atoms with Crippen LogP contribution in [0.2, 0.25) is 5.02 Å². The highest BCUT2D eigenvalue weighted by molar-refractivity contribution is 6.30. The van der Waals surface area contributed by atoms with Crippen LogP contribution in [-0.2, 0) is 12.8 Å². The Morgan fingerprint density at radius 2 is 1.78 bits per heavy atom. The van der Waals surface area contributed by atoms with Gasteiger partial charge in [0, 0.05) is 66.8 Å². The lowest BCUT2D eigenvalue weighted by atomic mass is 9.90. The van der Waals surface area contributed by atoms with Gasteiger partial charge in [0.05, 0.1) is 5.69 Å². The highest BCUT2D eigenvalue weighted by Crippen LogP contribution is 2.32. The summed E-state index contributed by atoms with van der Waals surface area (Å²) in [5, 5.41) is 0.742. The van der Waals surface area contributed by atoms with Gasteiger partial charge in [-0.3, -0.25) is 4.79 Å². The van der Waals surface area contributed by atoms with E-state index in [2.05, 4.69) is 42.1 Å². The monoisotopic (exact) mass is 448 g/mol. The van der Waals surface area contributed by atoms with Gasteiger partial charge < -0.3 is 14.8 Å². The van der Waals surface area contributed by atoms with Gasteiger partial charge in [-0.1, -0.05) is 29.8 Å². The molecular formula is C26H29ClN4O. The van der Waals surface area contributed by atoms with Crippen molar-refractivity contribution in [2.24, 2.45) is 0 Å². The molecule has 166 valence electrons. The molecule has 2 aliphatic heterocycles. The molecule has 1 fully saturated rings. The molecule has 2 aliphatic rings. The second kappa shape index (κ2) is 8.38. The topological polar surface area (TPSA) is 52.2 Å². The zero-order chi connectivity index (χ0) is 22.4. The minimum absolute atomic E-state index is 0.101. The first-order valence-electron chi connectivity index (χ1n) is 11.3. The number of rotatable bonds is 3. The number of aryl methyl sites for hydroxylation is 2. The summed E-state index contributed by atoms with van der Waals surface area (Å²) in [5.41, 5.74) is 7.57. The van der Waals surface area contributed by atoms with Crippen LogP contribution < -0.4 is 0 Å². The van der Waals surface area contributed by atoms with Crippen LogP contribution in [0.3, 0.4) is 0 Å². The Balaban J connectivity index is 1.37. The predicted molar refractivity (Wildman–Crippen MR) is 128 cm³/mol. The quantitative estimate of drug-likeness (QED) is 0.636. The van der Waals surface area contributed by atoms with Crippen LogP contribution in [0, 0.1) is 13.8 Å². The van der Waals surface area contributed by atoms with Crippen LogP contribution in [0.1, 0.15) is 44.4 Å². The highest BCUT2D eigenvalue weighted by atomic mass is 35.5. The Morgan fingerprint density at radius 1 is 1.06 bits per heavy atom. The van der Waals surface area contributed by atoms with Crippen LogP contribution in [0.4, 0.5) is 0 Å². The Morgan fingerprint density at radius 3 is 2.53 bits per heavy atom. The molecule has 0 unspecified atom stereocenters. The fraction of sp³-hybridized carbons (Fsp3) is 0.385. The smallest absolute Gasteiger partial charge is 0.254 e. The number of carbonyl (C=O) groups is 1. The van der Waals surface area contributed by atoms with E-state index in [1.807, 2.05) is 30.0 Å². The van der Waals surface area contributed by atoms with E-state index >= 15 is 0 Å². The van der Waals surface area contributed by atoms with Crippen LogP contribution in [0.25, 0.3) is 11.4 Å². The Kier molecular flexibility index (Phi) is 5.56. The summed E-state index contributed by atoms with van der Waals surface area (Å²) >= 11 is 6.01. The molecule has 5 rings (SSSR count). The number of likely N-dealkylation sites (N-methyl/N-ethyl adjacent to an activating group) is 1. The summed E-state index contributed by atoms with van der Waals surface area (Å²) in [4.78, 5) is 26.1. The predicted octanol–water partition coefficient (Wildman–Crippen LogP) is 4.62. The summed E-state index contributed by atoms with van der Waals surface area (Å²) in [7, 11) is 2.15. The molecule has 1 N–H and O–H groups in total. The SMILES string of the molecule is Cc1cc(C)c(-c2nc3c([nH]2)CCN(C)CC3)cc1C(=O)N1CC(c2ccc(Cl)cc2)C1. The van der Waals surface area contributed by atoms with E-state index < -0.39 is 0 Å². The van der Waals surface area contributed by atoms with Crippen molar-refractivity contribution in [1.82, 2.24) is 19.8 Å². The number of nitrogens with one attached hydrogen (secondary N) is 1. The van der Waals surface area contributed by atoms with E-state index in [0.29, 0.717) is 5.92 Å². The van der Waals surface area contributed by atoms with Gasteiger partial charge in [0.15, 0.2) is 0 Å². The van der Waals surface area contributed by atoms with Gasteiger partial charge in [-0.15, -0.1) is 0 Å². The van der Waals surface area contributed by atoms with Crippen molar-refractivity contribution in [2.45, 2.75) is 32.6 Å². The third-order valence-electron chi connectivity index (χ3n) is 6.91. The summed E-state index contributed by atoms with van der Waals surface area (Å²) in [6.07, 6.45) is 1.94. The average molecular weight is 449 g/mol. The molecule has 3 heterocycles. The second-order valence-electron chi connectivity index (χ2n) is 9.25. The van der Waals surface area contributed by atoms with E-state index in [0.717, 1.165) is 77.8 Å². The number of amides is 1. The summed E-state index contributed by atoms with van der Waals surface area (Å²) in [5.74, 6) is 1.36. The minimum atomic E-state index is 0.101. The number of hydrogen-bond donors (Lipinski definition) is 1. The number of fused-ring (bicyclic) bond motifs is 1. The van der Waals surface area contributed by atoms with Crippen molar-refractivity contribution >= 4 is 17.5 Å². The van der Waals surface area contributed by atoms with Crippen LogP contribution in [0.15, 0.2) is 36.4 Å². The fourth-order valence-electron chi connectivity index (χ4n) is 4.80. The first kappa shape index (κ1) is 21.2. The number of aromatic nitrogens is 2. The molecule has 1 amide bonds. The van der Waals surface area contributed by atoms with E-state index in [1.165, 1.54) is 11.3 Å². The van der Waals surface area contributed by atoms with Crippen LogP contribution in [0.5, 0.6) is 0 Å². The van der Waals surface area contributed by atoms with Crippen molar-refractivity contribution in [2.75, 3.05) is 33.2 Å². The van der Waals surface area contributed by atoms with E-state index in [9.17, 15) is 4.79 Å². The molecule has 5 nitrogen and oxygen atoms in total. The summed E-state index contributed by atoms with van der Waals surface area (Å²) in [6, 6.07) is 12.1. The van der Waals surface area contributed by atoms with Crippen molar-refractivity contribution < 1.29 is 4.79 Å².